The quantitative estimate of drug-likeness (QED) is 0.470. The highest BCUT2D eigenvalue weighted by Crippen LogP contribution is 2.26. The lowest BCUT2D eigenvalue weighted by atomic mass is 10.2. The Labute approximate surface area is 144 Å². The van der Waals surface area contributed by atoms with Crippen LogP contribution in [0.15, 0.2) is 54.9 Å². The molecule has 3 rings (SSSR count). The number of benzene rings is 1. The van der Waals surface area contributed by atoms with Gasteiger partial charge in [-0.1, -0.05) is 0 Å². The van der Waals surface area contributed by atoms with Gasteiger partial charge in [-0.3, -0.25) is 4.98 Å². The molecule has 7 nitrogen and oxygen atoms in total. The summed E-state index contributed by atoms with van der Waals surface area (Å²) in [5.74, 6) is 0.755. The first kappa shape index (κ1) is 16.5. The number of aliphatic hydroxyl groups excluding tert-OH is 1. The summed E-state index contributed by atoms with van der Waals surface area (Å²) < 4.78 is 10.6. The zero-order chi connectivity index (χ0) is 17.6. The molecule has 0 aliphatic rings. The van der Waals surface area contributed by atoms with Gasteiger partial charge in [-0.25, -0.2) is 4.79 Å². The van der Waals surface area contributed by atoms with Gasteiger partial charge in [0.05, 0.1) is 23.6 Å². The molecule has 0 saturated carbocycles. The highest BCUT2D eigenvalue weighted by molar-refractivity contribution is 5.90. The number of pyridine rings is 1. The Bertz CT molecular complexity index is 859. The number of carbonyl (C=O) groups excluding carboxylic acids is 1. The Morgan fingerprint density at radius 3 is 2.72 bits per heavy atom. The van der Waals surface area contributed by atoms with Crippen LogP contribution in [0, 0.1) is 0 Å². The lowest BCUT2D eigenvalue weighted by Crippen LogP contribution is -2.07. The molecule has 2 aromatic heterocycles. The summed E-state index contributed by atoms with van der Waals surface area (Å²) in [6, 6.07) is 12.2. The molecule has 0 spiro atoms. The molecule has 0 radical (unpaired) electrons. The minimum Gasteiger partial charge on any atom is -0.460 e. The predicted octanol–water partition coefficient (Wildman–Crippen LogP) is 2.60. The number of nitrogen functional groups attached to an aromatic ring is 1. The summed E-state index contributed by atoms with van der Waals surface area (Å²) in [6.45, 7) is -0.252. The van der Waals surface area contributed by atoms with Gasteiger partial charge in [0.1, 0.15) is 18.1 Å². The average molecular weight is 339 g/mol. The molecule has 3 aromatic rings. The Morgan fingerprint density at radius 2 is 1.96 bits per heavy atom. The summed E-state index contributed by atoms with van der Waals surface area (Å²) >= 11 is 0. The Balaban J connectivity index is 1.76. The number of nitrogens with two attached hydrogens (primary N) is 1. The van der Waals surface area contributed by atoms with Crippen LogP contribution >= 0.6 is 0 Å². The Morgan fingerprint density at radius 1 is 1.16 bits per heavy atom. The summed E-state index contributed by atoms with van der Waals surface area (Å²) in [7, 11) is 0. The molecule has 25 heavy (non-hydrogen) atoms. The second-order valence-corrected chi connectivity index (χ2v) is 5.21. The summed E-state index contributed by atoms with van der Waals surface area (Å²) in [5, 5.41) is 8.70. The van der Waals surface area contributed by atoms with Crippen LogP contribution < -0.4 is 10.5 Å². The largest absolute Gasteiger partial charge is 0.460 e. The van der Waals surface area contributed by atoms with E-state index in [0.29, 0.717) is 34.1 Å². The SMILES string of the molecule is Nc1ccc(Oc2ccnc(-c3cc(C(=O)OCCO)c[nH]3)c2)cc1. The maximum absolute atomic E-state index is 11.8. The molecule has 4 N–H and O–H groups in total. The first-order valence-corrected chi connectivity index (χ1v) is 7.62. The minimum atomic E-state index is -0.508. The van der Waals surface area contributed by atoms with Crippen molar-refractivity contribution in [2.45, 2.75) is 0 Å². The highest BCUT2D eigenvalue weighted by atomic mass is 16.5. The van der Waals surface area contributed by atoms with E-state index in [2.05, 4.69) is 9.97 Å². The van der Waals surface area contributed by atoms with Gasteiger partial charge < -0.3 is 25.3 Å². The maximum atomic E-state index is 11.8. The Hall–Kier alpha value is -3.32. The van der Waals surface area contributed by atoms with Crippen molar-refractivity contribution >= 4 is 11.7 Å². The number of anilines is 1. The van der Waals surface area contributed by atoms with Crippen LogP contribution in [0.25, 0.3) is 11.4 Å². The number of hydrogen-bond donors (Lipinski definition) is 3. The molecule has 2 heterocycles. The van der Waals surface area contributed by atoms with Crippen LogP contribution in [0.1, 0.15) is 10.4 Å². The van der Waals surface area contributed by atoms with Crippen LogP contribution in [-0.2, 0) is 4.74 Å². The van der Waals surface area contributed by atoms with E-state index in [4.69, 9.17) is 20.3 Å². The smallest absolute Gasteiger partial charge is 0.339 e. The molecule has 128 valence electrons. The standard InChI is InChI=1S/C18H17N3O4/c19-13-1-3-14(4-2-13)25-15-5-6-20-17(10-15)16-9-12(11-21-16)18(23)24-8-7-22/h1-6,9-11,21-22H,7-8,19H2. The van der Waals surface area contributed by atoms with Crippen LogP contribution in [0.4, 0.5) is 5.69 Å². The van der Waals surface area contributed by atoms with E-state index >= 15 is 0 Å². The van der Waals surface area contributed by atoms with E-state index in [9.17, 15) is 4.79 Å². The molecule has 0 bridgehead atoms. The number of rotatable bonds is 6. The summed E-state index contributed by atoms with van der Waals surface area (Å²) in [5.41, 5.74) is 7.95. The van der Waals surface area contributed by atoms with Gasteiger partial charge in [0, 0.05) is 24.1 Å². The molecular weight excluding hydrogens is 322 g/mol. The number of aliphatic hydroxyl groups is 1. The van der Waals surface area contributed by atoms with Gasteiger partial charge in [0.15, 0.2) is 0 Å². The molecule has 0 aliphatic carbocycles. The van der Waals surface area contributed by atoms with Crippen molar-refractivity contribution in [3.63, 3.8) is 0 Å². The van der Waals surface area contributed by atoms with E-state index in [0.717, 1.165) is 0 Å². The van der Waals surface area contributed by atoms with Gasteiger partial charge in [-0.05, 0) is 36.4 Å². The molecule has 0 aliphatic heterocycles. The van der Waals surface area contributed by atoms with E-state index in [1.54, 1.807) is 48.7 Å². The van der Waals surface area contributed by atoms with Crippen molar-refractivity contribution in [3.05, 3.63) is 60.4 Å². The molecular formula is C18H17N3O4. The van der Waals surface area contributed by atoms with E-state index in [1.807, 2.05) is 0 Å². The van der Waals surface area contributed by atoms with Gasteiger partial charge in [0.25, 0.3) is 0 Å². The number of esters is 1. The van der Waals surface area contributed by atoms with Crippen molar-refractivity contribution < 1.29 is 19.4 Å². The number of aromatic nitrogens is 2. The fourth-order valence-electron chi connectivity index (χ4n) is 2.18. The van der Waals surface area contributed by atoms with Crippen LogP contribution in [0.5, 0.6) is 11.5 Å². The topological polar surface area (TPSA) is 110 Å². The predicted molar refractivity (Wildman–Crippen MR) is 92.3 cm³/mol. The third-order valence-electron chi connectivity index (χ3n) is 3.37. The fraction of sp³-hybridized carbons (Fsp3) is 0.111. The van der Waals surface area contributed by atoms with Gasteiger partial charge in [0.2, 0.25) is 0 Å². The fourth-order valence-corrected chi connectivity index (χ4v) is 2.18. The molecule has 0 atom stereocenters. The van der Waals surface area contributed by atoms with Crippen LogP contribution in [0.2, 0.25) is 0 Å². The number of nitrogens with zero attached hydrogens (tertiary/aromatic N) is 1. The van der Waals surface area contributed by atoms with Gasteiger partial charge >= 0.3 is 5.97 Å². The third kappa shape index (κ3) is 4.15. The number of H-pyrrole nitrogens is 1. The molecule has 0 amide bonds. The van der Waals surface area contributed by atoms with Gasteiger partial charge in [-0.2, -0.15) is 0 Å². The van der Waals surface area contributed by atoms with Crippen LogP contribution in [-0.4, -0.2) is 34.3 Å². The molecule has 0 fully saturated rings. The lowest BCUT2D eigenvalue weighted by molar-refractivity contribution is 0.0434. The monoisotopic (exact) mass is 339 g/mol. The summed E-state index contributed by atoms with van der Waals surface area (Å²) in [6.07, 6.45) is 3.15. The normalized spacial score (nSPS) is 10.4. The summed E-state index contributed by atoms with van der Waals surface area (Å²) in [4.78, 5) is 19.0. The van der Waals surface area contributed by atoms with E-state index in [-0.39, 0.29) is 13.2 Å². The van der Waals surface area contributed by atoms with Crippen molar-refractivity contribution in [3.8, 4) is 22.9 Å². The third-order valence-corrected chi connectivity index (χ3v) is 3.37. The highest BCUT2D eigenvalue weighted by Gasteiger charge is 2.12. The number of carbonyl (C=O) groups is 1. The maximum Gasteiger partial charge on any atom is 0.339 e. The molecule has 0 saturated heterocycles. The van der Waals surface area contributed by atoms with Crippen molar-refractivity contribution in [1.29, 1.82) is 0 Å². The lowest BCUT2D eigenvalue weighted by Gasteiger charge is -2.07. The van der Waals surface area contributed by atoms with Gasteiger partial charge in [-0.15, -0.1) is 0 Å². The minimum absolute atomic E-state index is 0.0392. The Kier molecular flexibility index (Phi) is 4.96. The molecule has 0 unspecified atom stereocenters. The van der Waals surface area contributed by atoms with Crippen LogP contribution in [0.3, 0.4) is 0 Å². The number of ether oxygens (including phenoxy) is 2. The van der Waals surface area contributed by atoms with Crippen molar-refractivity contribution in [1.82, 2.24) is 9.97 Å². The van der Waals surface area contributed by atoms with E-state index in [1.165, 1.54) is 6.20 Å². The second-order valence-electron chi connectivity index (χ2n) is 5.21. The molecule has 1 aromatic carbocycles. The van der Waals surface area contributed by atoms with Crippen molar-refractivity contribution in [2.75, 3.05) is 18.9 Å². The zero-order valence-corrected chi connectivity index (χ0v) is 13.3. The number of hydrogen-bond acceptors (Lipinski definition) is 6. The van der Waals surface area contributed by atoms with Crippen molar-refractivity contribution in [2.24, 2.45) is 0 Å². The first-order chi connectivity index (χ1) is 12.2. The van der Waals surface area contributed by atoms with E-state index < -0.39 is 5.97 Å². The second kappa shape index (κ2) is 7.50. The number of aromatic amines is 1. The average Bonchev–Trinajstić information content (AvgIpc) is 3.12. The molecule has 7 heteroatoms. The zero-order valence-electron chi connectivity index (χ0n) is 13.3. The number of nitrogens with one attached hydrogen (secondary N) is 1. The first-order valence-electron chi connectivity index (χ1n) is 7.62.